The van der Waals surface area contributed by atoms with E-state index in [1.165, 1.54) is 17.8 Å². The van der Waals surface area contributed by atoms with E-state index in [0.29, 0.717) is 18.3 Å². The van der Waals surface area contributed by atoms with Crippen LogP contribution in [0, 0.1) is 40.4 Å². The van der Waals surface area contributed by atoms with Crippen LogP contribution in [0.4, 0.5) is 8.78 Å². The normalized spacial score (nSPS) is 37.6. The van der Waals surface area contributed by atoms with Gasteiger partial charge in [-0.05, 0) is 90.9 Å². The number of halogens is 2. The van der Waals surface area contributed by atoms with Gasteiger partial charge in [-0.1, -0.05) is 31.2 Å². The second-order valence-corrected chi connectivity index (χ2v) is 12.3. The Bertz CT molecular complexity index is 1200. The summed E-state index contributed by atoms with van der Waals surface area (Å²) in [5, 5.41) is 16.2. The van der Waals surface area contributed by atoms with Gasteiger partial charge in [-0.2, -0.15) is 9.49 Å². The van der Waals surface area contributed by atoms with Gasteiger partial charge in [0.2, 0.25) is 5.95 Å². The lowest BCUT2D eigenvalue weighted by atomic mass is 9.46. The molecule has 7 atom stereocenters. The van der Waals surface area contributed by atoms with Crippen LogP contribution in [0.5, 0.6) is 0 Å². The highest BCUT2D eigenvalue weighted by atomic mass is 32.2. The van der Waals surface area contributed by atoms with Crippen molar-refractivity contribution in [1.29, 1.82) is 0 Å². The summed E-state index contributed by atoms with van der Waals surface area (Å²) in [6, 6.07) is 2.35. The smallest absolute Gasteiger partial charge is 0.212 e. The predicted molar refractivity (Wildman–Crippen MR) is 131 cm³/mol. The van der Waals surface area contributed by atoms with Crippen LogP contribution < -0.4 is 0 Å². The highest BCUT2D eigenvalue weighted by molar-refractivity contribution is 8.13. The summed E-state index contributed by atoms with van der Waals surface area (Å²) in [6.07, 6.45) is 10.2. The van der Waals surface area contributed by atoms with Gasteiger partial charge < -0.3 is 5.11 Å². The van der Waals surface area contributed by atoms with Crippen molar-refractivity contribution < 1.29 is 18.7 Å². The summed E-state index contributed by atoms with van der Waals surface area (Å²) >= 11 is 0.794. The molecular weight excluding hydrogens is 468 g/mol. The van der Waals surface area contributed by atoms with Crippen molar-refractivity contribution in [3.05, 3.63) is 47.3 Å². The lowest BCUT2D eigenvalue weighted by Gasteiger charge is -2.59. The molecule has 6 rings (SSSR count). The van der Waals surface area contributed by atoms with Crippen molar-refractivity contribution >= 4 is 23.0 Å². The fraction of sp³-hybridized carbons (Fsp3) is 0.593. The zero-order chi connectivity index (χ0) is 24.5. The number of carbonyl (C=O) groups is 1. The molecule has 0 spiro atoms. The van der Waals surface area contributed by atoms with Crippen LogP contribution in [0.15, 0.2) is 30.1 Å². The summed E-state index contributed by atoms with van der Waals surface area (Å²) in [4.78, 5) is 16.5. The maximum absolute atomic E-state index is 13.3. The fourth-order valence-corrected chi connectivity index (χ4v) is 9.12. The maximum Gasteiger partial charge on any atom is 0.212 e. The number of fused-ring (bicyclic) bond motifs is 6. The van der Waals surface area contributed by atoms with E-state index in [0.717, 1.165) is 60.8 Å². The lowest BCUT2D eigenvalue weighted by Crippen LogP contribution is -2.57. The van der Waals surface area contributed by atoms with E-state index in [-0.39, 0.29) is 27.8 Å². The number of aliphatic hydroxyl groups excluding tert-OH is 1. The summed E-state index contributed by atoms with van der Waals surface area (Å²) in [5.74, 6) is 0.146. The van der Waals surface area contributed by atoms with Gasteiger partial charge in [-0.3, -0.25) is 4.79 Å². The number of hydrogen-bond acceptors (Lipinski definition) is 5. The quantitative estimate of drug-likeness (QED) is 0.576. The van der Waals surface area contributed by atoms with Crippen molar-refractivity contribution in [3.8, 4) is 5.69 Å². The third kappa shape index (κ3) is 3.39. The SMILES string of the molecule is CC12Cc3cnn(-c4ccc(F)nc4)c3C=C1CCC1C2C(O)CC2(C)C(C(=O)SCF)CCC12. The predicted octanol–water partition coefficient (Wildman–Crippen LogP) is 5.36. The van der Waals surface area contributed by atoms with E-state index in [1.54, 1.807) is 6.07 Å². The minimum atomic E-state index is -0.680. The van der Waals surface area contributed by atoms with Gasteiger partial charge in [-0.15, -0.1) is 0 Å². The Kier molecular flexibility index (Phi) is 5.49. The summed E-state index contributed by atoms with van der Waals surface area (Å²) in [7, 11) is 0. The van der Waals surface area contributed by atoms with E-state index in [4.69, 9.17) is 0 Å². The van der Waals surface area contributed by atoms with E-state index in [2.05, 4.69) is 30.0 Å². The molecule has 35 heavy (non-hydrogen) atoms. The number of hydrogen-bond donors (Lipinski definition) is 1. The number of allylic oxidation sites excluding steroid dienone is 1. The molecule has 3 fully saturated rings. The van der Waals surface area contributed by atoms with Gasteiger partial charge >= 0.3 is 0 Å². The zero-order valence-corrected chi connectivity index (χ0v) is 20.9. The highest BCUT2D eigenvalue weighted by Crippen LogP contribution is 2.67. The van der Waals surface area contributed by atoms with Crippen LogP contribution in [0.25, 0.3) is 11.8 Å². The van der Waals surface area contributed by atoms with E-state index >= 15 is 0 Å². The standard InChI is InChI=1S/C27H31F2N3O2S/c1-26-10-15-12-31-32(17-4-8-23(29)30-13-17)21(15)9-16(26)3-5-18-19-6-7-20(25(34)35-14-28)27(19,2)11-22(33)24(18)26/h4,8-9,12-13,18-20,22,24,33H,3,5-7,10-11,14H2,1-2H3. The molecule has 1 N–H and O–H groups in total. The molecule has 5 nitrogen and oxygen atoms in total. The van der Waals surface area contributed by atoms with Crippen LogP contribution in [0.3, 0.4) is 0 Å². The molecule has 0 aromatic carbocycles. The Morgan fingerprint density at radius 2 is 2.09 bits per heavy atom. The number of alkyl halides is 1. The molecule has 186 valence electrons. The van der Waals surface area contributed by atoms with Gasteiger partial charge in [0.25, 0.3) is 0 Å². The Labute approximate surface area is 208 Å². The van der Waals surface area contributed by atoms with Gasteiger partial charge in [0.1, 0.15) is 6.01 Å². The second-order valence-electron chi connectivity index (χ2n) is 11.4. The molecule has 3 saturated carbocycles. The number of rotatable bonds is 3. The Morgan fingerprint density at radius 1 is 1.26 bits per heavy atom. The van der Waals surface area contributed by atoms with E-state index in [1.807, 2.05) is 10.9 Å². The largest absolute Gasteiger partial charge is 0.393 e. The number of aromatic nitrogens is 3. The van der Waals surface area contributed by atoms with Crippen LogP contribution in [-0.4, -0.2) is 37.1 Å². The number of carbonyl (C=O) groups excluding carboxylic acids is 1. The van der Waals surface area contributed by atoms with Crippen molar-refractivity contribution in [1.82, 2.24) is 14.8 Å². The molecule has 0 radical (unpaired) electrons. The van der Waals surface area contributed by atoms with Crippen molar-refractivity contribution in [2.45, 2.75) is 58.5 Å². The molecule has 0 saturated heterocycles. The molecule has 4 aliphatic carbocycles. The van der Waals surface area contributed by atoms with Crippen molar-refractivity contribution in [3.63, 3.8) is 0 Å². The fourth-order valence-electron chi connectivity index (χ4n) is 8.43. The second kappa shape index (κ2) is 8.23. The summed E-state index contributed by atoms with van der Waals surface area (Å²) < 4.78 is 28.1. The molecular formula is C27H31F2N3O2S. The molecule has 2 aromatic rings. The minimum Gasteiger partial charge on any atom is -0.393 e. The number of nitrogens with zero attached hydrogens (tertiary/aromatic N) is 3. The monoisotopic (exact) mass is 499 g/mol. The molecule has 7 unspecified atom stereocenters. The first-order valence-corrected chi connectivity index (χ1v) is 13.6. The highest BCUT2D eigenvalue weighted by Gasteiger charge is 2.63. The van der Waals surface area contributed by atoms with Crippen LogP contribution >= 0.6 is 11.8 Å². The third-order valence-corrected chi connectivity index (χ3v) is 10.5. The molecule has 0 aliphatic heterocycles. The molecule has 2 heterocycles. The first-order chi connectivity index (χ1) is 16.8. The van der Waals surface area contributed by atoms with Crippen LogP contribution in [0.2, 0.25) is 0 Å². The molecule has 4 aliphatic rings. The van der Waals surface area contributed by atoms with Gasteiger partial charge in [0.15, 0.2) is 5.12 Å². The molecule has 2 aromatic heterocycles. The first kappa shape index (κ1) is 23.3. The third-order valence-electron chi connectivity index (χ3n) is 9.86. The minimum absolute atomic E-state index is 0.0456. The topological polar surface area (TPSA) is 68.0 Å². The lowest BCUT2D eigenvalue weighted by molar-refractivity contribution is -0.136. The Balaban J connectivity index is 1.33. The molecule has 0 bridgehead atoms. The maximum atomic E-state index is 13.3. The van der Waals surface area contributed by atoms with E-state index in [9.17, 15) is 18.7 Å². The van der Waals surface area contributed by atoms with E-state index < -0.39 is 18.1 Å². The first-order valence-electron chi connectivity index (χ1n) is 12.6. The molecule has 8 heteroatoms. The number of pyridine rings is 1. The number of aliphatic hydroxyl groups is 1. The average Bonchev–Trinajstić information content (AvgIpc) is 3.37. The van der Waals surface area contributed by atoms with Gasteiger partial charge in [0.05, 0.1) is 29.9 Å². The van der Waals surface area contributed by atoms with Gasteiger partial charge in [-0.25, -0.2) is 14.1 Å². The van der Waals surface area contributed by atoms with Gasteiger partial charge in [0, 0.05) is 5.92 Å². The zero-order valence-electron chi connectivity index (χ0n) is 20.1. The van der Waals surface area contributed by atoms with Crippen LogP contribution in [-0.2, 0) is 11.2 Å². The number of thioether (sulfide) groups is 1. The Morgan fingerprint density at radius 3 is 2.83 bits per heavy atom. The summed E-state index contributed by atoms with van der Waals surface area (Å²) in [6.45, 7) is 4.46. The van der Waals surface area contributed by atoms with Crippen molar-refractivity contribution in [2.24, 2.45) is 34.5 Å². The van der Waals surface area contributed by atoms with Crippen molar-refractivity contribution in [2.75, 3.05) is 6.01 Å². The van der Waals surface area contributed by atoms with Crippen LogP contribution in [0.1, 0.15) is 57.2 Å². The Hall–Kier alpha value is -2.06. The molecule has 0 amide bonds. The summed E-state index contributed by atoms with van der Waals surface area (Å²) in [5.41, 5.74) is 3.75. The average molecular weight is 500 g/mol.